The van der Waals surface area contributed by atoms with Crippen LogP contribution in [-0.4, -0.2) is 23.2 Å². The summed E-state index contributed by atoms with van der Waals surface area (Å²) in [6.07, 6.45) is 4.54. The van der Waals surface area contributed by atoms with E-state index in [0.717, 1.165) is 18.5 Å². The monoisotopic (exact) mass is 256 g/mol. The van der Waals surface area contributed by atoms with E-state index in [1.54, 1.807) is 12.4 Å². The summed E-state index contributed by atoms with van der Waals surface area (Å²) in [6, 6.07) is 13.8. The molecule has 1 atom stereocenters. The van der Waals surface area contributed by atoms with Crippen molar-refractivity contribution in [2.75, 3.05) is 13.1 Å². The summed E-state index contributed by atoms with van der Waals surface area (Å²) in [6.45, 7) is 3.22. The van der Waals surface area contributed by atoms with Gasteiger partial charge in [0, 0.05) is 18.9 Å². The van der Waals surface area contributed by atoms with Gasteiger partial charge in [0.15, 0.2) is 0 Å². The fraction of sp³-hybridized carbons (Fsp3) is 0.312. The number of nitrogens with zero attached hydrogens (tertiary/aromatic N) is 1. The normalized spacial score (nSPS) is 14.0. The molecule has 3 heteroatoms. The number of rotatable bonds is 6. The van der Waals surface area contributed by atoms with Gasteiger partial charge in [-0.2, -0.15) is 0 Å². The van der Waals surface area contributed by atoms with Gasteiger partial charge in [0.2, 0.25) is 0 Å². The maximum Gasteiger partial charge on any atom is 0.0992 e. The fourth-order valence-electron chi connectivity index (χ4n) is 2.01. The molecule has 0 saturated carbocycles. The SMILES string of the molecule is CC(O)(CNCCc1ccncc1)c1ccccc1. The fourth-order valence-corrected chi connectivity index (χ4v) is 2.01. The average molecular weight is 256 g/mol. The largest absolute Gasteiger partial charge is 0.384 e. The molecule has 0 aliphatic heterocycles. The van der Waals surface area contributed by atoms with Crippen molar-refractivity contribution < 1.29 is 5.11 Å². The number of pyridine rings is 1. The van der Waals surface area contributed by atoms with Crippen LogP contribution in [0, 0.1) is 0 Å². The summed E-state index contributed by atoms with van der Waals surface area (Å²) in [5.74, 6) is 0. The van der Waals surface area contributed by atoms with Crippen LogP contribution in [0.25, 0.3) is 0 Å². The quantitative estimate of drug-likeness (QED) is 0.778. The number of hydrogen-bond donors (Lipinski definition) is 2. The van der Waals surface area contributed by atoms with Crippen LogP contribution < -0.4 is 5.32 Å². The number of aliphatic hydroxyl groups is 1. The summed E-state index contributed by atoms with van der Waals surface area (Å²) in [5.41, 5.74) is 1.35. The van der Waals surface area contributed by atoms with E-state index in [9.17, 15) is 5.11 Å². The molecule has 1 aromatic heterocycles. The lowest BCUT2D eigenvalue weighted by Crippen LogP contribution is -2.36. The van der Waals surface area contributed by atoms with Crippen molar-refractivity contribution in [3.05, 3.63) is 66.0 Å². The molecule has 2 rings (SSSR count). The van der Waals surface area contributed by atoms with Crippen LogP contribution in [0.1, 0.15) is 18.1 Å². The second-order valence-corrected chi connectivity index (χ2v) is 4.92. The van der Waals surface area contributed by atoms with Crippen LogP contribution in [0.15, 0.2) is 54.9 Å². The Morgan fingerprint density at radius 2 is 1.79 bits per heavy atom. The first-order chi connectivity index (χ1) is 9.18. The molecule has 0 fully saturated rings. The predicted molar refractivity (Wildman–Crippen MR) is 76.8 cm³/mol. The first-order valence-electron chi connectivity index (χ1n) is 6.56. The van der Waals surface area contributed by atoms with Crippen LogP contribution in [-0.2, 0) is 12.0 Å². The van der Waals surface area contributed by atoms with E-state index in [0.29, 0.717) is 6.54 Å². The van der Waals surface area contributed by atoms with Crippen molar-refractivity contribution >= 4 is 0 Å². The van der Waals surface area contributed by atoms with Gasteiger partial charge in [-0.25, -0.2) is 0 Å². The molecule has 1 heterocycles. The third-order valence-electron chi connectivity index (χ3n) is 3.20. The predicted octanol–water partition coefficient (Wildman–Crippen LogP) is 2.12. The molecule has 0 aliphatic rings. The minimum absolute atomic E-state index is 0.544. The van der Waals surface area contributed by atoms with Crippen molar-refractivity contribution in [2.45, 2.75) is 18.9 Å². The van der Waals surface area contributed by atoms with Crippen LogP contribution >= 0.6 is 0 Å². The Kier molecular flexibility index (Phi) is 4.66. The van der Waals surface area contributed by atoms with E-state index in [1.165, 1.54) is 5.56 Å². The molecule has 100 valence electrons. The Bertz CT molecular complexity index is 483. The van der Waals surface area contributed by atoms with Crippen molar-refractivity contribution in [3.8, 4) is 0 Å². The molecule has 1 unspecified atom stereocenters. The maximum atomic E-state index is 10.4. The molecular weight excluding hydrogens is 236 g/mol. The third-order valence-corrected chi connectivity index (χ3v) is 3.20. The Morgan fingerprint density at radius 3 is 2.47 bits per heavy atom. The van der Waals surface area contributed by atoms with Crippen molar-refractivity contribution in [3.63, 3.8) is 0 Å². The molecule has 19 heavy (non-hydrogen) atoms. The molecule has 0 saturated heterocycles. The van der Waals surface area contributed by atoms with E-state index in [-0.39, 0.29) is 0 Å². The number of aromatic nitrogens is 1. The van der Waals surface area contributed by atoms with E-state index in [1.807, 2.05) is 49.4 Å². The Hall–Kier alpha value is -1.71. The Balaban J connectivity index is 1.79. The second kappa shape index (κ2) is 6.45. The minimum atomic E-state index is -0.834. The molecule has 0 radical (unpaired) electrons. The molecular formula is C16H20N2O. The summed E-state index contributed by atoms with van der Waals surface area (Å²) >= 11 is 0. The molecule has 1 aromatic carbocycles. The molecule has 2 aromatic rings. The van der Waals surface area contributed by atoms with Gasteiger partial charge in [-0.1, -0.05) is 30.3 Å². The molecule has 3 nitrogen and oxygen atoms in total. The van der Waals surface area contributed by atoms with Crippen LogP contribution in [0.5, 0.6) is 0 Å². The van der Waals surface area contributed by atoms with Gasteiger partial charge in [-0.3, -0.25) is 4.98 Å². The zero-order chi connectivity index (χ0) is 13.6. The van der Waals surface area contributed by atoms with E-state index in [2.05, 4.69) is 10.3 Å². The molecule has 0 spiro atoms. The molecule has 0 bridgehead atoms. The van der Waals surface area contributed by atoms with Gasteiger partial charge >= 0.3 is 0 Å². The Labute approximate surface area is 114 Å². The lowest BCUT2D eigenvalue weighted by Gasteiger charge is -2.24. The maximum absolute atomic E-state index is 10.4. The number of benzene rings is 1. The van der Waals surface area contributed by atoms with Gasteiger partial charge in [0.05, 0.1) is 5.60 Å². The highest BCUT2D eigenvalue weighted by molar-refractivity contribution is 5.21. The van der Waals surface area contributed by atoms with Gasteiger partial charge in [-0.05, 0) is 43.1 Å². The van der Waals surface area contributed by atoms with Crippen LogP contribution in [0.4, 0.5) is 0 Å². The van der Waals surface area contributed by atoms with Crippen LogP contribution in [0.3, 0.4) is 0 Å². The van der Waals surface area contributed by atoms with Gasteiger partial charge in [0.1, 0.15) is 0 Å². The summed E-state index contributed by atoms with van der Waals surface area (Å²) in [4.78, 5) is 3.99. The second-order valence-electron chi connectivity index (χ2n) is 4.92. The smallest absolute Gasteiger partial charge is 0.0992 e. The highest BCUT2D eigenvalue weighted by Gasteiger charge is 2.21. The summed E-state index contributed by atoms with van der Waals surface area (Å²) in [7, 11) is 0. The zero-order valence-corrected chi connectivity index (χ0v) is 11.2. The van der Waals surface area contributed by atoms with Crippen molar-refractivity contribution in [2.24, 2.45) is 0 Å². The molecule has 0 aliphatic carbocycles. The van der Waals surface area contributed by atoms with Gasteiger partial charge in [0.25, 0.3) is 0 Å². The van der Waals surface area contributed by atoms with Gasteiger partial charge in [-0.15, -0.1) is 0 Å². The van der Waals surface area contributed by atoms with Crippen molar-refractivity contribution in [1.82, 2.24) is 10.3 Å². The molecule has 2 N–H and O–H groups in total. The lowest BCUT2D eigenvalue weighted by atomic mass is 9.96. The zero-order valence-electron chi connectivity index (χ0n) is 11.2. The first kappa shape index (κ1) is 13.7. The van der Waals surface area contributed by atoms with E-state index < -0.39 is 5.60 Å². The highest BCUT2D eigenvalue weighted by Crippen LogP contribution is 2.18. The Morgan fingerprint density at radius 1 is 1.11 bits per heavy atom. The number of hydrogen-bond acceptors (Lipinski definition) is 3. The topological polar surface area (TPSA) is 45.1 Å². The van der Waals surface area contributed by atoms with Crippen LogP contribution in [0.2, 0.25) is 0 Å². The average Bonchev–Trinajstić information content (AvgIpc) is 2.46. The molecule has 0 amide bonds. The lowest BCUT2D eigenvalue weighted by molar-refractivity contribution is 0.0573. The van der Waals surface area contributed by atoms with E-state index >= 15 is 0 Å². The summed E-state index contributed by atoms with van der Waals surface area (Å²) in [5, 5.41) is 13.7. The first-order valence-corrected chi connectivity index (χ1v) is 6.56. The minimum Gasteiger partial charge on any atom is -0.384 e. The standard InChI is InChI=1S/C16H20N2O/c1-16(19,15-5-3-2-4-6-15)13-18-12-9-14-7-10-17-11-8-14/h2-8,10-11,18-19H,9,12-13H2,1H3. The van der Waals surface area contributed by atoms with E-state index in [4.69, 9.17) is 0 Å². The highest BCUT2D eigenvalue weighted by atomic mass is 16.3. The van der Waals surface area contributed by atoms with Gasteiger partial charge < -0.3 is 10.4 Å². The third kappa shape index (κ3) is 4.16. The van der Waals surface area contributed by atoms with Crippen molar-refractivity contribution in [1.29, 1.82) is 0 Å². The number of nitrogens with one attached hydrogen (secondary N) is 1. The summed E-state index contributed by atoms with van der Waals surface area (Å²) < 4.78 is 0.